The summed E-state index contributed by atoms with van der Waals surface area (Å²) in [5.74, 6) is -1.75. The van der Waals surface area contributed by atoms with E-state index in [1.807, 2.05) is 0 Å². The Bertz CT molecular complexity index is 289. The molecule has 0 saturated carbocycles. The van der Waals surface area contributed by atoms with Crippen molar-refractivity contribution in [3.05, 3.63) is 0 Å². The average molecular weight is 217 g/mol. The number of ether oxygens (including phenoxy) is 2. The van der Waals surface area contributed by atoms with Gasteiger partial charge in [0.15, 0.2) is 6.10 Å². The average Bonchev–Trinajstić information content (AvgIpc) is 2.60. The Morgan fingerprint density at radius 3 is 2.80 bits per heavy atom. The van der Waals surface area contributed by atoms with Crippen LogP contribution >= 0.6 is 0 Å². The number of aliphatic carboxylic acids is 1. The molecule has 1 aliphatic rings. The third-order valence-electron chi connectivity index (χ3n) is 1.87. The van der Waals surface area contributed by atoms with E-state index in [4.69, 9.17) is 9.84 Å². The first kappa shape index (κ1) is 11.4. The third kappa shape index (κ3) is 2.91. The molecule has 1 atom stereocenters. The lowest BCUT2D eigenvalue weighted by Crippen LogP contribution is -2.36. The molecule has 1 saturated heterocycles. The molecule has 0 radical (unpaired) electrons. The van der Waals surface area contributed by atoms with Crippen LogP contribution in [0.3, 0.4) is 0 Å². The Morgan fingerprint density at radius 1 is 1.67 bits per heavy atom. The second kappa shape index (κ2) is 4.74. The lowest BCUT2D eigenvalue weighted by molar-refractivity contribution is -0.152. The molecule has 1 aliphatic heterocycles. The van der Waals surface area contributed by atoms with Gasteiger partial charge in [0, 0.05) is 0 Å². The van der Waals surface area contributed by atoms with Crippen LogP contribution < -0.4 is 0 Å². The second-order valence-corrected chi connectivity index (χ2v) is 2.95. The highest BCUT2D eigenvalue weighted by Crippen LogP contribution is 2.04. The molecule has 0 aromatic carbocycles. The second-order valence-electron chi connectivity index (χ2n) is 2.95. The van der Waals surface area contributed by atoms with Crippen LogP contribution in [0.15, 0.2) is 0 Å². The van der Waals surface area contributed by atoms with Gasteiger partial charge in [-0.1, -0.05) is 0 Å². The number of carboxylic acids is 1. The number of cyclic esters (lactones) is 1. The summed E-state index contributed by atoms with van der Waals surface area (Å²) in [5.41, 5.74) is 0. The van der Waals surface area contributed by atoms with Crippen LogP contribution in [0.2, 0.25) is 0 Å². The van der Waals surface area contributed by atoms with E-state index in [9.17, 15) is 14.4 Å². The molecule has 15 heavy (non-hydrogen) atoms. The van der Waals surface area contributed by atoms with Gasteiger partial charge in [-0.05, 0) is 6.92 Å². The van der Waals surface area contributed by atoms with Crippen molar-refractivity contribution in [3.8, 4) is 0 Å². The van der Waals surface area contributed by atoms with Gasteiger partial charge in [-0.25, -0.2) is 14.5 Å². The fraction of sp³-hybridized carbons (Fsp3) is 0.625. The van der Waals surface area contributed by atoms with Crippen LogP contribution in [-0.4, -0.2) is 53.8 Å². The zero-order chi connectivity index (χ0) is 11.4. The first-order valence-corrected chi connectivity index (χ1v) is 4.34. The molecule has 7 heteroatoms. The van der Waals surface area contributed by atoms with Crippen molar-refractivity contribution < 1.29 is 29.0 Å². The van der Waals surface area contributed by atoms with Gasteiger partial charge in [-0.2, -0.15) is 0 Å². The highest BCUT2D eigenvalue weighted by Gasteiger charge is 2.28. The summed E-state index contributed by atoms with van der Waals surface area (Å²) >= 11 is 0. The van der Waals surface area contributed by atoms with E-state index in [1.54, 1.807) is 0 Å². The van der Waals surface area contributed by atoms with Gasteiger partial charge in [-0.15, -0.1) is 0 Å². The number of carbonyl (C=O) groups is 3. The van der Waals surface area contributed by atoms with Gasteiger partial charge >= 0.3 is 12.1 Å². The molecular weight excluding hydrogens is 206 g/mol. The van der Waals surface area contributed by atoms with Crippen molar-refractivity contribution in [1.29, 1.82) is 0 Å². The van der Waals surface area contributed by atoms with Crippen molar-refractivity contribution in [2.45, 2.75) is 13.0 Å². The summed E-state index contributed by atoms with van der Waals surface area (Å²) in [4.78, 5) is 33.4. The summed E-state index contributed by atoms with van der Waals surface area (Å²) in [6.07, 6.45) is -1.79. The maximum Gasteiger partial charge on any atom is 0.416 e. The Kier molecular flexibility index (Phi) is 3.62. The maximum absolute atomic E-state index is 11.3. The smallest absolute Gasteiger partial charge is 0.416 e. The van der Waals surface area contributed by atoms with E-state index in [0.29, 0.717) is 0 Å². The molecule has 1 unspecified atom stereocenters. The molecule has 0 aliphatic carbocycles. The minimum absolute atomic E-state index is 0.166. The van der Waals surface area contributed by atoms with E-state index in [2.05, 4.69) is 4.74 Å². The van der Waals surface area contributed by atoms with Crippen LogP contribution in [0, 0.1) is 0 Å². The van der Waals surface area contributed by atoms with Gasteiger partial charge in [0.25, 0.3) is 5.91 Å². The van der Waals surface area contributed by atoms with Crippen molar-refractivity contribution in [2.24, 2.45) is 0 Å². The van der Waals surface area contributed by atoms with Crippen molar-refractivity contribution in [3.63, 3.8) is 0 Å². The first-order valence-electron chi connectivity index (χ1n) is 4.34. The molecule has 84 valence electrons. The number of imide groups is 1. The summed E-state index contributed by atoms with van der Waals surface area (Å²) < 4.78 is 9.26. The molecule has 0 aromatic rings. The molecule has 2 amide bonds. The van der Waals surface area contributed by atoms with Gasteiger partial charge in [0.05, 0.1) is 6.54 Å². The first-order chi connectivity index (χ1) is 7.02. The number of hydrogen-bond donors (Lipinski definition) is 1. The van der Waals surface area contributed by atoms with E-state index in [1.165, 1.54) is 6.92 Å². The summed E-state index contributed by atoms with van der Waals surface area (Å²) in [6, 6.07) is 0. The van der Waals surface area contributed by atoms with Crippen molar-refractivity contribution in [1.82, 2.24) is 4.90 Å². The van der Waals surface area contributed by atoms with Gasteiger partial charge in [-0.3, -0.25) is 4.79 Å². The van der Waals surface area contributed by atoms with E-state index < -0.39 is 30.7 Å². The number of rotatable bonds is 4. The number of hydrogen-bond acceptors (Lipinski definition) is 5. The monoisotopic (exact) mass is 217 g/mol. The van der Waals surface area contributed by atoms with Crippen LogP contribution in [-0.2, 0) is 19.1 Å². The zero-order valence-corrected chi connectivity index (χ0v) is 8.13. The minimum Gasteiger partial charge on any atom is -0.479 e. The quantitative estimate of drug-likeness (QED) is 0.679. The topological polar surface area (TPSA) is 93.1 Å². The van der Waals surface area contributed by atoms with E-state index >= 15 is 0 Å². The predicted octanol–water partition coefficient (Wildman–Crippen LogP) is -0.545. The highest BCUT2D eigenvalue weighted by atomic mass is 16.6. The molecule has 1 rings (SSSR count). The molecule has 0 spiro atoms. The van der Waals surface area contributed by atoms with Crippen molar-refractivity contribution in [2.75, 3.05) is 19.8 Å². The van der Waals surface area contributed by atoms with Gasteiger partial charge < -0.3 is 14.6 Å². The largest absolute Gasteiger partial charge is 0.479 e. The minimum atomic E-state index is -1.16. The summed E-state index contributed by atoms with van der Waals surface area (Å²) in [6.45, 7) is 1.21. The van der Waals surface area contributed by atoms with Crippen LogP contribution in [0.1, 0.15) is 6.92 Å². The van der Waals surface area contributed by atoms with E-state index in [0.717, 1.165) is 4.90 Å². The molecule has 1 fully saturated rings. The number of carboxylic acid groups (broad SMARTS) is 1. The fourth-order valence-corrected chi connectivity index (χ4v) is 0.965. The Hall–Kier alpha value is -1.63. The lowest BCUT2D eigenvalue weighted by atomic mass is 10.4. The van der Waals surface area contributed by atoms with Crippen molar-refractivity contribution >= 4 is 18.0 Å². The van der Waals surface area contributed by atoms with Gasteiger partial charge in [0.2, 0.25) is 0 Å². The highest BCUT2D eigenvalue weighted by molar-refractivity contribution is 5.93. The molecule has 7 nitrogen and oxygen atoms in total. The van der Waals surface area contributed by atoms with E-state index in [-0.39, 0.29) is 13.2 Å². The predicted molar refractivity (Wildman–Crippen MR) is 46.1 cm³/mol. The van der Waals surface area contributed by atoms with Crippen LogP contribution in [0.25, 0.3) is 0 Å². The molecule has 0 aromatic heterocycles. The number of carbonyl (C=O) groups excluding carboxylic acids is 2. The van der Waals surface area contributed by atoms with Crippen LogP contribution in [0.4, 0.5) is 4.79 Å². The normalized spacial score (nSPS) is 17.4. The zero-order valence-electron chi connectivity index (χ0n) is 8.13. The fourth-order valence-electron chi connectivity index (χ4n) is 0.965. The Morgan fingerprint density at radius 2 is 2.33 bits per heavy atom. The SMILES string of the molecule is CC(OCC(=O)N1CCOC1=O)C(=O)O. The summed E-state index contributed by atoms with van der Waals surface area (Å²) in [7, 11) is 0. The molecule has 1 heterocycles. The molecule has 0 bridgehead atoms. The summed E-state index contributed by atoms with van der Waals surface area (Å²) in [5, 5.41) is 8.47. The lowest BCUT2D eigenvalue weighted by Gasteiger charge is -2.12. The third-order valence-corrected chi connectivity index (χ3v) is 1.87. The van der Waals surface area contributed by atoms with Crippen LogP contribution in [0.5, 0.6) is 0 Å². The molecule has 1 N–H and O–H groups in total. The Balaban J connectivity index is 2.36. The number of nitrogens with zero attached hydrogens (tertiary/aromatic N) is 1. The number of amides is 2. The standard InChI is InChI=1S/C8H11NO6/c1-5(7(11)12)15-4-6(10)9-2-3-14-8(9)13/h5H,2-4H2,1H3,(H,11,12). The van der Waals surface area contributed by atoms with Gasteiger partial charge in [0.1, 0.15) is 13.2 Å². The Labute approximate surface area is 85.6 Å². The maximum atomic E-state index is 11.3. The molecular formula is C8H11NO6.